The van der Waals surface area contributed by atoms with E-state index in [1.165, 1.54) is 24.3 Å². The number of hydrogen-bond donors (Lipinski definition) is 0. The van der Waals surface area contributed by atoms with E-state index in [1.54, 1.807) is 23.1 Å². The largest absolute Gasteiger partial charge is 0.435 e. The van der Waals surface area contributed by atoms with Crippen molar-refractivity contribution in [2.75, 3.05) is 31.1 Å². The molecular weight excluding hydrogens is 524 g/mol. The number of piperazine rings is 1. The average Bonchev–Trinajstić information content (AvgIpc) is 3.49. The molecule has 0 N–H and O–H groups in total. The molecule has 2 aromatic heterocycles. The zero-order valence-corrected chi connectivity index (χ0v) is 21.5. The van der Waals surface area contributed by atoms with E-state index in [9.17, 15) is 22.4 Å². The van der Waals surface area contributed by atoms with Gasteiger partial charge in [0.2, 0.25) is 5.91 Å². The highest BCUT2D eigenvalue weighted by molar-refractivity contribution is 7.17. The molecule has 1 amide bonds. The van der Waals surface area contributed by atoms with Gasteiger partial charge >= 0.3 is 6.18 Å². The molecule has 0 bridgehead atoms. The quantitative estimate of drug-likeness (QED) is 0.336. The summed E-state index contributed by atoms with van der Waals surface area (Å²) in [5.41, 5.74) is 1.48. The van der Waals surface area contributed by atoms with Gasteiger partial charge in [0.25, 0.3) is 0 Å². The Morgan fingerprint density at radius 3 is 2.63 bits per heavy atom. The van der Waals surface area contributed by atoms with Gasteiger partial charge in [-0.25, -0.2) is 9.37 Å². The summed E-state index contributed by atoms with van der Waals surface area (Å²) in [7, 11) is 0. The summed E-state index contributed by atoms with van der Waals surface area (Å²) in [6.07, 6.45) is -2.08. The fraction of sp³-hybridized carbons (Fsp3) is 0.440. The molecule has 1 saturated heterocycles. The molecule has 0 saturated carbocycles. The summed E-state index contributed by atoms with van der Waals surface area (Å²) in [6.45, 7) is 3.29. The van der Waals surface area contributed by atoms with Gasteiger partial charge in [0, 0.05) is 37.4 Å². The van der Waals surface area contributed by atoms with Crippen molar-refractivity contribution in [3.8, 4) is 0 Å². The van der Waals surface area contributed by atoms with Crippen LogP contribution in [-0.4, -0.2) is 57.5 Å². The van der Waals surface area contributed by atoms with Crippen molar-refractivity contribution in [3.05, 3.63) is 63.7 Å². The van der Waals surface area contributed by atoms with Gasteiger partial charge in [0.1, 0.15) is 19.0 Å². The molecule has 0 unspecified atom stereocenters. The van der Waals surface area contributed by atoms with Crippen LogP contribution in [0.25, 0.3) is 0 Å². The number of alkyl halides is 3. The Kier molecular flexibility index (Phi) is 7.37. The molecule has 1 aliphatic carbocycles. The Labute approximate surface area is 220 Å². The molecule has 1 aliphatic heterocycles. The lowest BCUT2D eigenvalue weighted by Crippen LogP contribution is -2.49. The Morgan fingerprint density at radius 2 is 1.92 bits per heavy atom. The zero-order chi connectivity index (χ0) is 26.9. The zero-order valence-electron chi connectivity index (χ0n) is 20.7. The van der Waals surface area contributed by atoms with Crippen molar-refractivity contribution < 1.29 is 27.2 Å². The molecule has 1 fully saturated rings. The number of halogens is 4. The summed E-state index contributed by atoms with van der Waals surface area (Å²) in [5, 5.41) is 8.68. The monoisotopic (exact) mass is 550 g/mol. The maximum atomic E-state index is 13.8. The van der Waals surface area contributed by atoms with Crippen LogP contribution in [0.2, 0.25) is 0 Å². The van der Waals surface area contributed by atoms with Crippen LogP contribution >= 0.6 is 11.3 Å². The van der Waals surface area contributed by atoms with Crippen LogP contribution < -0.4 is 4.90 Å². The highest BCUT2D eigenvalue weighted by Crippen LogP contribution is 2.33. The van der Waals surface area contributed by atoms with Crippen molar-refractivity contribution >= 4 is 28.1 Å². The van der Waals surface area contributed by atoms with Crippen LogP contribution in [-0.2, 0) is 35.4 Å². The van der Waals surface area contributed by atoms with E-state index in [0.29, 0.717) is 31.7 Å². The highest BCUT2D eigenvalue weighted by atomic mass is 32.1. The Morgan fingerprint density at radius 1 is 1.16 bits per heavy atom. The van der Waals surface area contributed by atoms with Gasteiger partial charge in [0.15, 0.2) is 10.8 Å². The predicted octanol–water partition coefficient (Wildman–Crippen LogP) is 4.41. The molecule has 202 valence electrons. The first-order valence-electron chi connectivity index (χ1n) is 12.3. The molecule has 0 atom stereocenters. The number of thiazole rings is 1. The predicted molar refractivity (Wildman–Crippen MR) is 134 cm³/mol. The molecule has 2 aliphatic rings. The minimum atomic E-state index is -4.55. The third-order valence-electron chi connectivity index (χ3n) is 6.59. The number of fused-ring (bicyclic) bond motifs is 1. The maximum Gasteiger partial charge on any atom is 0.435 e. The number of aromatic nitrogens is 3. The molecule has 1 aromatic carbocycles. The second-order valence-electron chi connectivity index (χ2n) is 9.22. The van der Waals surface area contributed by atoms with Gasteiger partial charge in [-0.15, -0.1) is 0 Å². The minimum Gasteiger partial charge on any atom is -0.391 e. The van der Waals surface area contributed by atoms with E-state index in [4.69, 9.17) is 9.82 Å². The highest BCUT2D eigenvalue weighted by Gasteiger charge is 2.35. The number of oxime groups is 1. The number of benzene rings is 1. The first-order chi connectivity index (χ1) is 18.2. The fourth-order valence-electron chi connectivity index (χ4n) is 4.47. The van der Waals surface area contributed by atoms with Gasteiger partial charge in [-0.05, 0) is 38.3 Å². The third-order valence-corrected chi connectivity index (χ3v) is 7.79. The molecule has 13 heteroatoms. The van der Waals surface area contributed by atoms with Crippen LogP contribution in [0.3, 0.4) is 0 Å². The number of rotatable bonds is 6. The maximum absolute atomic E-state index is 13.8. The first-order valence-corrected chi connectivity index (χ1v) is 13.1. The van der Waals surface area contributed by atoms with Crippen LogP contribution in [0.15, 0.2) is 35.5 Å². The lowest BCUT2D eigenvalue weighted by molar-refractivity contribution is -0.142. The van der Waals surface area contributed by atoms with Crippen molar-refractivity contribution in [3.63, 3.8) is 0 Å². The molecule has 3 heterocycles. The van der Waals surface area contributed by atoms with Gasteiger partial charge in [-0.3, -0.25) is 9.48 Å². The van der Waals surface area contributed by atoms with Gasteiger partial charge in [0.05, 0.1) is 16.3 Å². The summed E-state index contributed by atoms with van der Waals surface area (Å²) in [5.74, 6) is -0.607. The van der Waals surface area contributed by atoms with E-state index in [2.05, 4.69) is 15.2 Å². The standard InChI is InChI=1S/C25H26F4N6O2S/c1-16-13-21(25(27,28)29)31-35(16)14-22(36)33-9-11-34(12-10-33)24-30-19-7-4-8-20(23(19)38-24)32-37-15-17-5-2-3-6-18(17)26/h2-3,5-6,13H,4,7-12,14-15H2,1H3. The van der Waals surface area contributed by atoms with Gasteiger partial charge in [-0.1, -0.05) is 34.7 Å². The SMILES string of the molecule is Cc1cc(C(F)(F)F)nn1CC(=O)N1CCN(c2nc3c(s2)C(=NOCc2ccccc2F)CCC3)CC1. The van der Waals surface area contributed by atoms with Crippen molar-refractivity contribution in [1.82, 2.24) is 19.7 Å². The molecule has 0 spiro atoms. The van der Waals surface area contributed by atoms with Gasteiger partial charge < -0.3 is 14.6 Å². The number of amides is 1. The van der Waals surface area contributed by atoms with Crippen LogP contribution in [0.1, 0.15) is 40.4 Å². The van der Waals surface area contributed by atoms with E-state index < -0.39 is 11.9 Å². The van der Waals surface area contributed by atoms with Crippen LogP contribution in [0.5, 0.6) is 0 Å². The second kappa shape index (κ2) is 10.7. The van der Waals surface area contributed by atoms with Crippen molar-refractivity contribution in [2.24, 2.45) is 5.16 Å². The smallest absolute Gasteiger partial charge is 0.391 e. The molecule has 3 aromatic rings. The van der Waals surface area contributed by atoms with E-state index >= 15 is 0 Å². The van der Waals surface area contributed by atoms with E-state index in [-0.39, 0.29) is 30.6 Å². The lowest BCUT2D eigenvalue weighted by Gasteiger charge is -2.34. The molecule has 8 nitrogen and oxygen atoms in total. The first kappa shape index (κ1) is 26.1. The Hall–Kier alpha value is -3.48. The number of nitrogens with zero attached hydrogens (tertiary/aromatic N) is 6. The Balaban J connectivity index is 1.19. The molecular formula is C25H26F4N6O2S. The fourth-order valence-corrected chi connectivity index (χ4v) is 5.65. The number of aryl methyl sites for hydroxylation is 2. The lowest BCUT2D eigenvalue weighted by atomic mass is 10.0. The average molecular weight is 551 g/mol. The number of carbonyl (C=O) groups excluding carboxylic acids is 1. The summed E-state index contributed by atoms with van der Waals surface area (Å²) < 4.78 is 53.7. The van der Waals surface area contributed by atoms with E-state index in [1.807, 2.05) is 0 Å². The normalized spacial score (nSPS) is 17.1. The van der Waals surface area contributed by atoms with Crippen LogP contribution in [0.4, 0.5) is 22.7 Å². The summed E-state index contributed by atoms with van der Waals surface area (Å²) in [6, 6.07) is 7.36. The van der Waals surface area contributed by atoms with Crippen LogP contribution in [0, 0.1) is 12.7 Å². The van der Waals surface area contributed by atoms with Gasteiger partial charge in [-0.2, -0.15) is 18.3 Å². The number of hydrogen-bond acceptors (Lipinski definition) is 7. The summed E-state index contributed by atoms with van der Waals surface area (Å²) in [4.78, 5) is 27.7. The molecule has 5 rings (SSSR count). The van der Waals surface area contributed by atoms with Crippen molar-refractivity contribution in [1.29, 1.82) is 0 Å². The van der Waals surface area contributed by atoms with Crippen molar-refractivity contribution in [2.45, 2.75) is 45.5 Å². The third kappa shape index (κ3) is 5.66. The summed E-state index contributed by atoms with van der Waals surface area (Å²) >= 11 is 1.52. The second-order valence-corrected chi connectivity index (χ2v) is 10.2. The number of carbonyl (C=O) groups is 1. The minimum absolute atomic E-state index is 0.0444. The topological polar surface area (TPSA) is 75.9 Å². The Bertz CT molecular complexity index is 1340. The number of anilines is 1. The molecule has 0 radical (unpaired) electrons. The van der Waals surface area contributed by atoms with E-state index in [0.717, 1.165) is 51.4 Å². The molecule has 38 heavy (non-hydrogen) atoms.